The van der Waals surface area contributed by atoms with Crippen LogP contribution in [0.3, 0.4) is 0 Å². The highest BCUT2D eigenvalue weighted by molar-refractivity contribution is 5.80. The SMILES string of the molecule is CC(C)C(=O)CCC(C)C1CCC2C3CCC4CC(O)CCC4(C)C3CCC12C. The average molecular weight is 403 g/mol. The number of fused-ring (bicyclic) bond motifs is 5. The molecule has 1 N–H and O–H groups in total. The minimum Gasteiger partial charge on any atom is -0.393 e. The van der Waals surface area contributed by atoms with Gasteiger partial charge >= 0.3 is 0 Å². The summed E-state index contributed by atoms with van der Waals surface area (Å²) in [5.41, 5.74) is 0.982. The Morgan fingerprint density at radius 1 is 0.931 bits per heavy atom. The number of carbonyl (C=O) groups excluding carboxylic acids is 1. The molecule has 4 rings (SSSR count). The van der Waals surface area contributed by atoms with Gasteiger partial charge in [0, 0.05) is 12.3 Å². The first-order valence-corrected chi connectivity index (χ1v) is 12.9. The minimum absolute atomic E-state index is 0.0382. The second-order valence-corrected chi connectivity index (χ2v) is 12.5. The van der Waals surface area contributed by atoms with E-state index < -0.39 is 0 Å². The molecule has 0 aromatic rings. The van der Waals surface area contributed by atoms with Gasteiger partial charge in [-0.2, -0.15) is 0 Å². The maximum absolute atomic E-state index is 12.2. The molecule has 0 heterocycles. The molecule has 166 valence electrons. The Labute approximate surface area is 179 Å². The number of rotatable bonds is 5. The zero-order chi connectivity index (χ0) is 21.0. The number of ketones is 1. The first kappa shape index (κ1) is 21.8. The molecule has 2 heteroatoms. The number of aliphatic hydroxyl groups excluding tert-OH is 1. The van der Waals surface area contributed by atoms with Gasteiger partial charge in [0.25, 0.3) is 0 Å². The summed E-state index contributed by atoms with van der Waals surface area (Å²) in [7, 11) is 0. The smallest absolute Gasteiger partial charge is 0.135 e. The van der Waals surface area contributed by atoms with Crippen molar-refractivity contribution in [2.45, 2.75) is 111 Å². The molecule has 0 bridgehead atoms. The summed E-state index contributed by atoms with van der Waals surface area (Å²) in [4.78, 5) is 12.2. The van der Waals surface area contributed by atoms with Crippen molar-refractivity contribution in [3.05, 3.63) is 0 Å². The van der Waals surface area contributed by atoms with Crippen LogP contribution in [0.1, 0.15) is 105 Å². The van der Waals surface area contributed by atoms with Gasteiger partial charge < -0.3 is 5.11 Å². The second kappa shape index (κ2) is 7.95. The van der Waals surface area contributed by atoms with Crippen molar-refractivity contribution in [2.75, 3.05) is 0 Å². The zero-order valence-corrected chi connectivity index (χ0v) is 19.8. The molecule has 0 aromatic carbocycles. The molecule has 0 saturated heterocycles. The van der Waals surface area contributed by atoms with E-state index in [4.69, 9.17) is 0 Å². The molecule has 0 aliphatic heterocycles. The van der Waals surface area contributed by atoms with Gasteiger partial charge in [0.2, 0.25) is 0 Å². The average Bonchev–Trinajstić information content (AvgIpc) is 3.03. The summed E-state index contributed by atoms with van der Waals surface area (Å²) in [5, 5.41) is 10.2. The minimum atomic E-state index is -0.0382. The predicted octanol–water partition coefficient (Wildman–Crippen LogP) is 6.65. The van der Waals surface area contributed by atoms with E-state index in [0.29, 0.717) is 22.5 Å². The Morgan fingerprint density at radius 3 is 2.34 bits per heavy atom. The lowest BCUT2D eigenvalue weighted by Crippen LogP contribution is -2.54. The number of aliphatic hydroxyl groups is 1. The molecular formula is C27H46O2. The molecule has 0 radical (unpaired) electrons. The first-order chi connectivity index (χ1) is 13.7. The fourth-order valence-electron chi connectivity index (χ4n) is 9.07. The van der Waals surface area contributed by atoms with E-state index in [1.54, 1.807) is 0 Å². The van der Waals surface area contributed by atoms with E-state index in [2.05, 4.69) is 20.8 Å². The highest BCUT2D eigenvalue weighted by Crippen LogP contribution is 2.68. The Morgan fingerprint density at radius 2 is 1.62 bits per heavy atom. The van der Waals surface area contributed by atoms with Crippen molar-refractivity contribution in [3.8, 4) is 0 Å². The lowest BCUT2D eigenvalue weighted by atomic mass is 9.44. The molecule has 29 heavy (non-hydrogen) atoms. The number of hydrogen-bond acceptors (Lipinski definition) is 2. The number of hydrogen-bond donors (Lipinski definition) is 1. The third-order valence-electron chi connectivity index (χ3n) is 10.9. The second-order valence-electron chi connectivity index (χ2n) is 12.5. The molecule has 4 fully saturated rings. The Balaban J connectivity index is 1.46. The van der Waals surface area contributed by atoms with E-state index in [1.165, 1.54) is 44.9 Å². The van der Waals surface area contributed by atoms with Crippen LogP contribution in [0.15, 0.2) is 0 Å². The van der Waals surface area contributed by atoms with Crippen LogP contribution in [0, 0.1) is 52.3 Å². The normalized spacial score (nSPS) is 48.0. The summed E-state index contributed by atoms with van der Waals surface area (Å²) in [6, 6.07) is 0. The van der Waals surface area contributed by atoms with Crippen molar-refractivity contribution in [2.24, 2.45) is 52.3 Å². The van der Waals surface area contributed by atoms with E-state index in [0.717, 1.165) is 55.3 Å². The Bertz CT molecular complexity index is 612. The Hall–Kier alpha value is -0.370. The monoisotopic (exact) mass is 402 g/mol. The highest BCUT2D eigenvalue weighted by Gasteiger charge is 2.60. The molecule has 0 aromatic heterocycles. The van der Waals surface area contributed by atoms with Crippen LogP contribution in [-0.2, 0) is 4.79 Å². The van der Waals surface area contributed by atoms with Crippen molar-refractivity contribution in [1.29, 1.82) is 0 Å². The van der Waals surface area contributed by atoms with E-state index in [9.17, 15) is 9.90 Å². The van der Waals surface area contributed by atoms with Crippen LogP contribution in [-0.4, -0.2) is 17.0 Å². The Kier molecular flexibility index (Phi) is 5.99. The summed E-state index contributed by atoms with van der Waals surface area (Å²) in [5.74, 6) is 5.60. The molecule has 9 atom stereocenters. The fourth-order valence-corrected chi connectivity index (χ4v) is 9.07. The van der Waals surface area contributed by atoms with E-state index >= 15 is 0 Å². The van der Waals surface area contributed by atoms with Gasteiger partial charge in [-0.1, -0.05) is 34.6 Å². The summed E-state index contributed by atoms with van der Waals surface area (Å²) in [6.45, 7) is 11.8. The van der Waals surface area contributed by atoms with Gasteiger partial charge in [-0.15, -0.1) is 0 Å². The maximum atomic E-state index is 12.2. The molecule has 4 aliphatic rings. The molecule has 4 aliphatic carbocycles. The summed E-state index contributed by atoms with van der Waals surface area (Å²) >= 11 is 0. The van der Waals surface area contributed by atoms with Gasteiger partial charge in [0.1, 0.15) is 5.78 Å². The van der Waals surface area contributed by atoms with Gasteiger partial charge in [0.05, 0.1) is 6.10 Å². The number of carbonyl (C=O) groups is 1. The van der Waals surface area contributed by atoms with E-state index in [1.807, 2.05) is 13.8 Å². The van der Waals surface area contributed by atoms with Crippen LogP contribution in [0.4, 0.5) is 0 Å². The van der Waals surface area contributed by atoms with Crippen LogP contribution in [0.2, 0.25) is 0 Å². The molecule has 0 amide bonds. The third kappa shape index (κ3) is 3.64. The van der Waals surface area contributed by atoms with Gasteiger partial charge in [-0.05, 0) is 111 Å². The number of Topliss-reactive ketones (excluding diaryl/α,β-unsaturated/α-hetero) is 1. The predicted molar refractivity (Wildman–Crippen MR) is 119 cm³/mol. The standard InChI is InChI=1S/C27H46O2/c1-17(2)25(29)11-6-18(3)22-9-10-23-21-8-7-19-16-20(28)12-14-26(19,4)24(21)13-15-27(22,23)5/h17-24,28H,6-16H2,1-5H3. The fraction of sp³-hybridized carbons (Fsp3) is 0.963. The quantitative estimate of drug-likeness (QED) is 0.559. The summed E-state index contributed by atoms with van der Waals surface area (Å²) in [6.07, 6.45) is 13.6. The van der Waals surface area contributed by atoms with Crippen molar-refractivity contribution < 1.29 is 9.90 Å². The topological polar surface area (TPSA) is 37.3 Å². The van der Waals surface area contributed by atoms with E-state index in [-0.39, 0.29) is 12.0 Å². The lowest BCUT2D eigenvalue weighted by molar-refractivity contribution is -0.130. The molecular weight excluding hydrogens is 356 g/mol. The van der Waals surface area contributed by atoms with Crippen LogP contribution in [0.5, 0.6) is 0 Å². The molecule has 0 spiro atoms. The maximum Gasteiger partial charge on any atom is 0.135 e. The van der Waals surface area contributed by atoms with Gasteiger partial charge in [0.15, 0.2) is 0 Å². The zero-order valence-electron chi connectivity index (χ0n) is 19.8. The third-order valence-corrected chi connectivity index (χ3v) is 10.9. The van der Waals surface area contributed by atoms with Crippen molar-refractivity contribution >= 4 is 5.78 Å². The van der Waals surface area contributed by atoms with Crippen molar-refractivity contribution in [3.63, 3.8) is 0 Å². The van der Waals surface area contributed by atoms with Gasteiger partial charge in [-0.3, -0.25) is 4.79 Å². The van der Waals surface area contributed by atoms with Crippen LogP contribution < -0.4 is 0 Å². The van der Waals surface area contributed by atoms with Gasteiger partial charge in [-0.25, -0.2) is 0 Å². The first-order valence-electron chi connectivity index (χ1n) is 12.9. The molecule has 4 saturated carbocycles. The largest absolute Gasteiger partial charge is 0.393 e. The molecule has 2 nitrogen and oxygen atoms in total. The highest BCUT2D eigenvalue weighted by atomic mass is 16.3. The van der Waals surface area contributed by atoms with Crippen LogP contribution in [0.25, 0.3) is 0 Å². The lowest BCUT2D eigenvalue weighted by Gasteiger charge is -2.61. The van der Waals surface area contributed by atoms with Crippen LogP contribution >= 0.6 is 0 Å². The molecule has 9 unspecified atom stereocenters. The van der Waals surface area contributed by atoms with Crippen molar-refractivity contribution in [1.82, 2.24) is 0 Å². The summed E-state index contributed by atoms with van der Waals surface area (Å²) < 4.78 is 0.